The Kier molecular flexibility index (Phi) is 4.55. The van der Waals surface area contributed by atoms with Crippen molar-refractivity contribution in [2.24, 2.45) is 0 Å². The maximum Gasteiger partial charge on any atom is 0.119 e. The average molecular weight is 285 g/mol. The van der Waals surface area contributed by atoms with E-state index in [-0.39, 0.29) is 0 Å². The van der Waals surface area contributed by atoms with E-state index < -0.39 is 0 Å². The number of aromatic nitrogens is 2. The summed E-state index contributed by atoms with van der Waals surface area (Å²) in [5.41, 5.74) is 1.27. The Morgan fingerprint density at radius 1 is 1.14 bits per heavy atom. The zero-order chi connectivity index (χ0) is 14.5. The normalized spacial score (nSPS) is 17.0. The SMILES string of the molecule is Cc1ccc(OC2CCN(CCn3ccnc3)CC2)cc1. The predicted octanol–water partition coefficient (Wildman–Crippen LogP) is 2.73. The lowest BCUT2D eigenvalue weighted by Gasteiger charge is -2.32. The molecule has 21 heavy (non-hydrogen) atoms. The molecule has 2 heterocycles. The Balaban J connectivity index is 1.41. The molecule has 1 fully saturated rings. The van der Waals surface area contributed by atoms with Crippen molar-refractivity contribution in [2.45, 2.75) is 32.4 Å². The molecule has 4 heteroatoms. The minimum absolute atomic E-state index is 0.359. The molecule has 0 unspecified atom stereocenters. The summed E-state index contributed by atoms with van der Waals surface area (Å²) in [7, 11) is 0. The predicted molar refractivity (Wildman–Crippen MR) is 83.5 cm³/mol. The van der Waals surface area contributed by atoms with E-state index in [1.807, 2.05) is 18.7 Å². The molecule has 0 bridgehead atoms. The number of piperidine rings is 1. The summed E-state index contributed by atoms with van der Waals surface area (Å²) >= 11 is 0. The van der Waals surface area contributed by atoms with E-state index in [9.17, 15) is 0 Å². The average Bonchev–Trinajstić information content (AvgIpc) is 3.02. The molecule has 0 atom stereocenters. The van der Waals surface area contributed by atoms with Gasteiger partial charge >= 0.3 is 0 Å². The van der Waals surface area contributed by atoms with Crippen LogP contribution in [0.15, 0.2) is 43.0 Å². The van der Waals surface area contributed by atoms with Crippen LogP contribution >= 0.6 is 0 Å². The Bertz CT molecular complexity index is 528. The Hall–Kier alpha value is -1.81. The highest BCUT2D eigenvalue weighted by atomic mass is 16.5. The Morgan fingerprint density at radius 3 is 2.57 bits per heavy atom. The number of hydrogen-bond acceptors (Lipinski definition) is 3. The van der Waals surface area contributed by atoms with Crippen molar-refractivity contribution in [3.8, 4) is 5.75 Å². The first-order chi connectivity index (χ1) is 10.3. The van der Waals surface area contributed by atoms with Gasteiger partial charge in [0.25, 0.3) is 0 Å². The number of ether oxygens (including phenoxy) is 1. The minimum Gasteiger partial charge on any atom is -0.490 e. The van der Waals surface area contributed by atoms with Crippen LogP contribution in [0.1, 0.15) is 18.4 Å². The lowest BCUT2D eigenvalue weighted by Crippen LogP contribution is -2.39. The zero-order valence-electron chi connectivity index (χ0n) is 12.6. The third kappa shape index (κ3) is 4.08. The van der Waals surface area contributed by atoms with Gasteiger partial charge in [-0.2, -0.15) is 0 Å². The molecule has 112 valence electrons. The van der Waals surface area contributed by atoms with Crippen LogP contribution in [0.25, 0.3) is 0 Å². The van der Waals surface area contributed by atoms with Gasteiger partial charge < -0.3 is 14.2 Å². The monoisotopic (exact) mass is 285 g/mol. The van der Waals surface area contributed by atoms with Gasteiger partial charge in [-0.05, 0) is 31.9 Å². The second kappa shape index (κ2) is 6.76. The van der Waals surface area contributed by atoms with Crippen molar-refractivity contribution in [3.05, 3.63) is 48.5 Å². The number of hydrogen-bond donors (Lipinski definition) is 0. The molecule has 4 nitrogen and oxygen atoms in total. The molecule has 0 aliphatic carbocycles. The number of nitrogens with zero attached hydrogens (tertiary/aromatic N) is 3. The largest absolute Gasteiger partial charge is 0.490 e. The molecule has 0 saturated carbocycles. The van der Waals surface area contributed by atoms with Gasteiger partial charge in [-0.3, -0.25) is 0 Å². The summed E-state index contributed by atoms with van der Waals surface area (Å²) < 4.78 is 8.20. The Labute approximate surface area is 126 Å². The molecule has 1 aliphatic heterocycles. The summed E-state index contributed by atoms with van der Waals surface area (Å²) in [6.07, 6.45) is 8.31. The number of benzene rings is 1. The highest BCUT2D eigenvalue weighted by molar-refractivity contribution is 5.26. The number of aryl methyl sites for hydroxylation is 1. The van der Waals surface area contributed by atoms with Crippen molar-refractivity contribution in [1.29, 1.82) is 0 Å². The van der Waals surface area contributed by atoms with Crippen molar-refractivity contribution in [2.75, 3.05) is 19.6 Å². The first kappa shape index (κ1) is 14.1. The van der Waals surface area contributed by atoms with Gasteiger partial charge in [0, 0.05) is 38.6 Å². The fourth-order valence-electron chi connectivity index (χ4n) is 2.74. The molecule has 0 amide bonds. The first-order valence-electron chi connectivity index (χ1n) is 7.71. The van der Waals surface area contributed by atoms with Gasteiger partial charge in [0.2, 0.25) is 0 Å². The second-order valence-corrected chi connectivity index (χ2v) is 5.77. The van der Waals surface area contributed by atoms with Crippen molar-refractivity contribution < 1.29 is 4.74 Å². The van der Waals surface area contributed by atoms with Gasteiger partial charge in [-0.25, -0.2) is 4.98 Å². The number of imidazole rings is 1. The zero-order valence-corrected chi connectivity index (χ0v) is 12.6. The smallest absolute Gasteiger partial charge is 0.119 e. The molecular weight excluding hydrogens is 262 g/mol. The lowest BCUT2D eigenvalue weighted by atomic mass is 10.1. The van der Waals surface area contributed by atoms with Gasteiger partial charge in [-0.15, -0.1) is 0 Å². The van der Waals surface area contributed by atoms with Gasteiger partial charge in [0.15, 0.2) is 0 Å². The van der Waals surface area contributed by atoms with Crippen LogP contribution in [-0.2, 0) is 6.54 Å². The summed E-state index contributed by atoms with van der Waals surface area (Å²) in [6, 6.07) is 8.35. The van der Waals surface area contributed by atoms with E-state index in [0.29, 0.717) is 6.10 Å². The van der Waals surface area contributed by atoms with Crippen LogP contribution in [-0.4, -0.2) is 40.2 Å². The van der Waals surface area contributed by atoms with Gasteiger partial charge in [-0.1, -0.05) is 17.7 Å². The van der Waals surface area contributed by atoms with Crippen LogP contribution < -0.4 is 4.74 Å². The van der Waals surface area contributed by atoms with Crippen molar-refractivity contribution >= 4 is 0 Å². The van der Waals surface area contributed by atoms with Crippen LogP contribution in [0, 0.1) is 6.92 Å². The minimum atomic E-state index is 0.359. The highest BCUT2D eigenvalue weighted by Crippen LogP contribution is 2.19. The molecule has 2 aromatic rings. The molecule has 3 rings (SSSR count). The van der Waals surface area contributed by atoms with Crippen molar-refractivity contribution in [3.63, 3.8) is 0 Å². The van der Waals surface area contributed by atoms with E-state index in [0.717, 1.165) is 44.8 Å². The maximum atomic E-state index is 6.07. The summed E-state index contributed by atoms with van der Waals surface area (Å²) in [6.45, 7) is 6.44. The number of likely N-dealkylation sites (tertiary alicyclic amines) is 1. The molecule has 0 spiro atoms. The summed E-state index contributed by atoms with van der Waals surface area (Å²) in [5.74, 6) is 0.998. The summed E-state index contributed by atoms with van der Waals surface area (Å²) in [4.78, 5) is 6.58. The molecular formula is C17H23N3O. The first-order valence-corrected chi connectivity index (χ1v) is 7.71. The van der Waals surface area contributed by atoms with Crippen LogP contribution in [0.5, 0.6) is 5.75 Å². The van der Waals surface area contributed by atoms with Crippen LogP contribution in [0.3, 0.4) is 0 Å². The molecule has 0 N–H and O–H groups in total. The quantitative estimate of drug-likeness (QED) is 0.846. The fourth-order valence-corrected chi connectivity index (χ4v) is 2.74. The molecule has 1 saturated heterocycles. The third-order valence-electron chi connectivity index (χ3n) is 4.09. The van der Waals surface area contributed by atoms with E-state index >= 15 is 0 Å². The molecule has 1 aromatic carbocycles. The Morgan fingerprint density at radius 2 is 1.90 bits per heavy atom. The van der Waals surface area contributed by atoms with Crippen molar-refractivity contribution in [1.82, 2.24) is 14.5 Å². The van der Waals surface area contributed by atoms with Crippen LogP contribution in [0.2, 0.25) is 0 Å². The van der Waals surface area contributed by atoms with Gasteiger partial charge in [0.1, 0.15) is 11.9 Å². The fraction of sp³-hybridized carbons (Fsp3) is 0.471. The topological polar surface area (TPSA) is 30.3 Å². The van der Waals surface area contributed by atoms with E-state index in [4.69, 9.17) is 4.74 Å². The maximum absolute atomic E-state index is 6.07. The summed E-state index contributed by atoms with van der Waals surface area (Å²) in [5, 5.41) is 0. The second-order valence-electron chi connectivity index (χ2n) is 5.77. The number of rotatable bonds is 5. The lowest BCUT2D eigenvalue weighted by molar-refractivity contribution is 0.0986. The highest BCUT2D eigenvalue weighted by Gasteiger charge is 2.20. The molecule has 0 radical (unpaired) electrons. The van der Waals surface area contributed by atoms with Crippen LogP contribution in [0.4, 0.5) is 0 Å². The van der Waals surface area contributed by atoms with Gasteiger partial charge in [0.05, 0.1) is 6.33 Å². The van der Waals surface area contributed by atoms with E-state index in [1.165, 1.54) is 5.56 Å². The molecule has 1 aliphatic rings. The third-order valence-corrected chi connectivity index (χ3v) is 4.09. The standard InChI is InChI=1S/C17H23N3O/c1-15-2-4-16(5-3-15)21-17-6-9-19(10-7-17)12-13-20-11-8-18-14-20/h2-5,8,11,14,17H,6-7,9-10,12-13H2,1H3. The van der Waals surface area contributed by atoms with E-state index in [2.05, 4.69) is 45.6 Å². The van der Waals surface area contributed by atoms with E-state index in [1.54, 1.807) is 0 Å². The molecule has 1 aromatic heterocycles.